The molecule has 0 atom stereocenters. The first-order valence-corrected chi connectivity index (χ1v) is 5.38. The fourth-order valence-electron chi connectivity index (χ4n) is 0.583. The predicted molar refractivity (Wildman–Crippen MR) is 57.3 cm³/mol. The Hall–Kier alpha value is -1.46. The average Bonchev–Trinajstić information content (AvgIpc) is 2.98. The van der Waals surface area contributed by atoms with E-state index >= 15 is 0 Å². The lowest BCUT2D eigenvalue weighted by atomic mass is 10.8. The van der Waals surface area contributed by atoms with Crippen LogP contribution in [-0.4, -0.2) is 38.7 Å². The van der Waals surface area contributed by atoms with Crippen LogP contribution >= 0.6 is 0 Å². The first-order valence-electron chi connectivity index (χ1n) is 5.38. The monoisotopic (exact) mass is 236 g/mol. The van der Waals surface area contributed by atoms with Crippen LogP contribution in [0, 0.1) is 0 Å². The maximum atomic E-state index is 9.80. The number of hydrogen-bond acceptors (Lipinski definition) is 6. The Bertz CT molecular complexity index is 144. The van der Waals surface area contributed by atoms with Crippen LogP contribution in [0.4, 0.5) is 9.59 Å². The zero-order valence-electron chi connectivity index (χ0n) is 10.3. The minimum atomic E-state index is -0.546. The summed E-state index contributed by atoms with van der Waals surface area (Å²) in [6.45, 7) is 9.66. The molecule has 2 fully saturated rings. The second-order valence-electron chi connectivity index (χ2n) is 1.89. The molecule has 0 spiro atoms. The largest absolute Gasteiger partial charge is 0.508 e. The van der Waals surface area contributed by atoms with Crippen molar-refractivity contribution in [1.29, 1.82) is 0 Å². The minimum Gasteiger partial charge on any atom is -0.431 e. The van der Waals surface area contributed by atoms with Crippen molar-refractivity contribution < 1.29 is 28.5 Å². The first-order chi connectivity index (χ1) is 7.79. The van der Waals surface area contributed by atoms with Gasteiger partial charge in [-0.2, -0.15) is 0 Å². The van der Waals surface area contributed by atoms with Crippen molar-refractivity contribution in [2.45, 2.75) is 27.7 Å². The molecule has 0 aromatic carbocycles. The third-order valence-corrected chi connectivity index (χ3v) is 1.05. The van der Waals surface area contributed by atoms with E-state index < -0.39 is 12.3 Å². The second kappa shape index (κ2) is 13.5. The van der Waals surface area contributed by atoms with Crippen LogP contribution in [0.25, 0.3) is 0 Å². The van der Waals surface area contributed by atoms with Crippen molar-refractivity contribution in [3.8, 4) is 0 Å². The Morgan fingerprint density at radius 1 is 0.625 bits per heavy atom. The van der Waals surface area contributed by atoms with Gasteiger partial charge in [0, 0.05) is 0 Å². The summed E-state index contributed by atoms with van der Waals surface area (Å²) in [5.41, 5.74) is 0. The van der Waals surface area contributed by atoms with E-state index in [0.717, 1.165) is 0 Å². The van der Waals surface area contributed by atoms with Crippen LogP contribution in [0.3, 0.4) is 0 Å². The van der Waals surface area contributed by atoms with E-state index in [1.165, 1.54) is 0 Å². The highest BCUT2D eigenvalue weighted by molar-refractivity contribution is 5.61. The molecule has 6 nitrogen and oxygen atoms in total. The Kier molecular flexibility index (Phi) is 14.3. The van der Waals surface area contributed by atoms with Crippen molar-refractivity contribution in [2.75, 3.05) is 26.4 Å². The van der Waals surface area contributed by atoms with Gasteiger partial charge in [0.2, 0.25) is 0 Å². The fourth-order valence-corrected chi connectivity index (χ4v) is 0.583. The Morgan fingerprint density at radius 2 is 0.812 bits per heavy atom. The summed E-state index contributed by atoms with van der Waals surface area (Å²) in [5.74, 6) is 0. The molecular formula is C10H20O6. The number of rotatable bonds is 0. The Balaban J connectivity index is 0. The molecule has 2 rings (SSSR count). The van der Waals surface area contributed by atoms with Gasteiger partial charge in [0.25, 0.3) is 0 Å². The van der Waals surface area contributed by atoms with Gasteiger partial charge in [-0.05, 0) is 0 Å². The normalized spacial score (nSPS) is 15.5. The molecule has 6 heteroatoms. The quantitative estimate of drug-likeness (QED) is 0.601. The summed E-state index contributed by atoms with van der Waals surface area (Å²) >= 11 is 0. The summed E-state index contributed by atoms with van der Waals surface area (Å²) in [6.07, 6.45) is -1.09. The number of hydrogen-bond donors (Lipinski definition) is 0. The molecule has 2 aliphatic rings. The van der Waals surface area contributed by atoms with Crippen molar-refractivity contribution >= 4 is 12.3 Å². The Labute approximate surface area is 95.8 Å². The maximum absolute atomic E-state index is 9.80. The molecule has 2 aliphatic heterocycles. The molecule has 0 aromatic rings. The SMILES string of the molecule is CC.CC.O=C1OCCO1.O=C1OCCO1. The molecule has 16 heavy (non-hydrogen) atoms. The molecule has 0 N–H and O–H groups in total. The lowest BCUT2D eigenvalue weighted by Gasteiger charge is -1.78. The van der Waals surface area contributed by atoms with Gasteiger partial charge in [0.15, 0.2) is 0 Å². The summed E-state index contributed by atoms with van der Waals surface area (Å²) < 4.78 is 17.2. The van der Waals surface area contributed by atoms with Crippen LogP contribution in [0.1, 0.15) is 27.7 Å². The molecule has 0 saturated carbocycles. The van der Waals surface area contributed by atoms with Gasteiger partial charge in [0.1, 0.15) is 26.4 Å². The smallest absolute Gasteiger partial charge is 0.431 e. The second-order valence-corrected chi connectivity index (χ2v) is 1.89. The van der Waals surface area contributed by atoms with Gasteiger partial charge in [-0.1, -0.05) is 27.7 Å². The van der Waals surface area contributed by atoms with E-state index in [2.05, 4.69) is 18.9 Å². The van der Waals surface area contributed by atoms with Crippen molar-refractivity contribution in [1.82, 2.24) is 0 Å². The summed E-state index contributed by atoms with van der Waals surface area (Å²) in [5, 5.41) is 0. The molecule has 2 heterocycles. The van der Waals surface area contributed by atoms with Crippen LogP contribution in [-0.2, 0) is 18.9 Å². The van der Waals surface area contributed by atoms with Crippen LogP contribution in [0.2, 0.25) is 0 Å². The van der Waals surface area contributed by atoms with Crippen LogP contribution < -0.4 is 0 Å². The molecule has 0 unspecified atom stereocenters. The van der Waals surface area contributed by atoms with E-state index in [4.69, 9.17) is 0 Å². The summed E-state index contributed by atoms with van der Waals surface area (Å²) in [6, 6.07) is 0. The van der Waals surface area contributed by atoms with Gasteiger partial charge >= 0.3 is 12.3 Å². The number of carbonyl (C=O) groups is 2. The highest BCUT2D eigenvalue weighted by atomic mass is 16.8. The van der Waals surface area contributed by atoms with E-state index in [9.17, 15) is 9.59 Å². The zero-order chi connectivity index (χ0) is 12.8. The van der Waals surface area contributed by atoms with E-state index in [-0.39, 0.29) is 0 Å². The highest BCUT2D eigenvalue weighted by Gasteiger charge is 2.09. The lowest BCUT2D eigenvalue weighted by molar-refractivity contribution is 0.130. The standard InChI is InChI=1S/2C3H4O3.2C2H6/c2*4-3-5-1-2-6-3;2*1-2/h2*1-2H2;2*1-2H3. The molecule has 0 aromatic heterocycles. The number of cyclic esters (lactones) is 4. The zero-order valence-corrected chi connectivity index (χ0v) is 10.3. The van der Waals surface area contributed by atoms with Gasteiger partial charge in [-0.15, -0.1) is 0 Å². The highest BCUT2D eigenvalue weighted by Crippen LogP contribution is 1.92. The van der Waals surface area contributed by atoms with Crippen molar-refractivity contribution in [3.05, 3.63) is 0 Å². The third-order valence-electron chi connectivity index (χ3n) is 1.05. The molecule has 0 bridgehead atoms. The predicted octanol–water partition coefficient (Wildman–Crippen LogP) is 2.36. The topological polar surface area (TPSA) is 71.1 Å². The van der Waals surface area contributed by atoms with E-state index in [1.807, 2.05) is 27.7 Å². The van der Waals surface area contributed by atoms with E-state index in [0.29, 0.717) is 26.4 Å². The van der Waals surface area contributed by atoms with Crippen LogP contribution in [0.15, 0.2) is 0 Å². The Morgan fingerprint density at radius 3 is 0.875 bits per heavy atom. The summed E-state index contributed by atoms with van der Waals surface area (Å²) in [4.78, 5) is 19.6. The van der Waals surface area contributed by atoms with E-state index in [1.54, 1.807) is 0 Å². The molecule has 0 radical (unpaired) electrons. The molecule has 0 aliphatic carbocycles. The maximum Gasteiger partial charge on any atom is 0.508 e. The van der Waals surface area contributed by atoms with Gasteiger partial charge < -0.3 is 18.9 Å². The third kappa shape index (κ3) is 10.6. The molecular weight excluding hydrogens is 216 g/mol. The molecule has 0 amide bonds. The van der Waals surface area contributed by atoms with Crippen molar-refractivity contribution in [2.24, 2.45) is 0 Å². The van der Waals surface area contributed by atoms with Gasteiger partial charge in [-0.25, -0.2) is 9.59 Å². The average molecular weight is 236 g/mol. The van der Waals surface area contributed by atoms with Crippen LogP contribution in [0.5, 0.6) is 0 Å². The first kappa shape index (κ1) is 17.0. The molecule has 96 valence electrons. The van der Waals surface area contributed by atoms with Crippen molar-refractivity contribution in [3.63, 3.8) is 0 Å². The lowest BCUT2D eigenvalue weighted by Crippen LogP contribution is -1.88. The van der Waals surface area contributed by atoms with Gasteiger partial charge in [0.05, 0.1) is 0 Å². The van der Waals surface area contributed by atoms with Gasteiger partial charge in [-0.3, -0.25) is 0 Å². The number of carbonyl (C=O) groups excluding carboxylic acids is 2. The summed E-state index contributed by atoms with van der Waals surface area (Å²) in [7, 11) is 0. The fraction of sp³-hybridized carbons (Fsp3) is 0.800. The molecule has 2 saturated heterocycles. The minimum absolute atomic E-state index is 0.416. The number of ether oxygens (including phenoxy) is 4.